The monoisotopic (exact) mass is 308 g/mol. The maximum atomic E-state index is 5.34. The van der Waals surface area contributed by atoms with Crippen LogP contribution in [0.1, 0.15) is 27.3 Å². The van der Waals surface area contributed by atoms with Crippen molar-refractivity contribution in [2.24, 2.45) is 0 Å². The summed E-state index contributed by atoms with van der Waals surface area (Å²) in [6.45, 7) is 2.74. The molecule has 1 unspecified atom stereocenters. The second-order valence-corrected chi connectivity index (χ2v) is 5.19. The zero-order valence-corrected chi connectivity index (χ0v) is 12.2. The Labute approximate surface area is 116 Å². The van der Waals surface area contributed by atoms with Crippen molar-refractivity contribution < 1.29 is 9.15 Å². The first-order valence-corrected chi connectivity index (χ1v) is 6.89. The van der Waals surface area contributed by atoms with Crippen molar-refractivity contribution >= 4 is 15.9 Å². The fourth-order valence-electron chi connectivity index (χ4n) is 1.91. The molecule has 0 aliphatic heterocycles. The fraction of sp³-hybridized carbons (Fsp3) is 0.333. The van der Waals surface area contributed by atoms with Crippen LogP contribution >= 0.6 is 15.9 Å². The van der Waals surface area contributed by atoms with Crippen molar-refractivity contribution in [3.05, 3.63) is 59.0 Å². The second kappa shape index (κ2) is 6.21. The van der Waals surface area contributed by atoms with Crippen LogP contribution in [0.5, 0.6) is 0 Å². The maximum Gasteiger partial charge on any atom is 0.105 e. The molecule has 0 bridgehead atoms. The summed E-state index contributed by atoms with van der Waals surface area (Å²) in [4.78, 5) is 0.188. The number of hydrogen-bond acceptors (Lipinski definition) is 2. The van der Waals surface area contributed by atoms with Crippen LogP contribution < -0.4 is 0 Å². The Hall–Kier alpha value is -1.06. The summed E-state index contributed by atoms with van der Waals surface area (Å²) in [5, 5.41) is 0. The van der Waals surface area contributed by atoms with Crippen molar-refractivity contribution in [1.29, 1.82) is 0 Å². The van der Waals surface area contributed by atoms with Gasteiger partial charge in [-0.15, -0.1) is 0 Å². The Balaban J connectivity index is 2.12. The van der Waals surface area contributed by atoms with E-state index in [1.54, 1.807) is 13.4 Å². The van der Waals surface area contributed by atoms with E-state index in [0.29, 0.717) is 0 Å². The normalized spacial score (nSPS) is 12.6. The third-order valence-corrected chi connectivity index (χ3v) is 4.06. The molecule has 3 heteroatoms. The molecule has 1 heterocycles. The Morgan fingerprint density at radius 1 is 1.22 bits per heavy atom. The molecule has 2 aromatic rings. The van der Waals surface area contributed by atoms with E-state index in [0.717, 1.165) is 18.8 Å². The van der Waals surface area contributed by atoms with Gasteiger partial charge in [0.25, 0.3) is 0 Å². The summed E-state index contributed by atoms with van der Waals surface area (Å²) in [6.07, 6.45) is 2.68. The third-order valence-electron chi connectivity index (χ3n) is 3.04. The zero-order chi connectivity index (χ0) is 13.0. The van der Waals surface area contributed by atoms with Gasteiger partial charge < -0.3 is 9.15 Å². The molecular formula is C15H17BrO2. The molecule has 0 aliphatic carbocycles. The van der Waals surface area contributed by atoms with Gasteiger partial charge in [0.2, 0.25) is 0 Å². The number of methoxy groups -OCH3 is 1. The van der Waals surface area contributed by atoms with E-state index in [1.165, 1.54) is 16.7 Å². The molecule has 18 heavy (non-hydrogen) atoms. The van der Waals surface area contributed by atoms with Crippen molar-refractivity contribution in [2.45, 2.75) is 18.2 Å². The fourth-order valence-corrected chi connectivity index (χ4v) is 2.69. The molecule has 0 spiro atoms. The molecule has 0 amide bonds. The van der Waals surface area contributed by atoms with Gasteiger partial charge in [-0.2, -0.15) is 0 Å². The lowest BCUT2D eigenvalue weighted by Gasteiger charge is -2.10. The van der Waals surface area contributed by atoms with Gasteiger partial charge >= 0.3 is 0 Å². The van der Waals surface area contributed by atoms with Crippen molar-refractivity contribution in [3.8, 4) is 0 Å². The predicted molar refractivity (Wildman–Crippen MR) is 76.2 cm³/mol. The van der Waals surface area contributed by atoms with Crippen LogP contribution in [0.4, 0.5) is 0 Å². The smallest absolute Gasteiger partial charge is 0.105 e. The molecule has 0 aliphatic rings. The number of halogens is 1. The van der Waals surface area contributed by atoms with E-state index in [4.69, 9.17) is 9.15 Å². The van der Waals surface area contributed by atoms with Gasteiger partial charge in [-0.1, -0.05) is 40.2 Å². The molecule has 0 fully saturated rings. The molecule has 1 aromatic carbocycles. The highest BCUT2D eigenvalue weighted by Gasteiger charge is 2.14. The summed E-state index contributed by atoms with van der Waals surface area (Å²) >= 11 is 3.72. The first-order valence-electron chi connectivity index (χ1n) is 5.98. The highest BCUT2D eigenvalue weighted by molar-refractivity contribution is 9.09. The summed E-state index contributed by atoms with van der Waals surface area (Å²) in [7, 11) is 1.73. The molecule has 2 rings (SSSR count). The Morgan fingerprint density at radius 3 is 2.50 bits per heavy atom. The van der Waals surface area contributed by atoms with Crippen LogP contribution in [0.3, 0.4) is 0 Å². The van der Waals surface area contributed by atoms with Gasteiger partial charge in [0.15, 0.2) is 0 Å². The highest BCUT2D eigenvalue weighted by Crippen LogP contribution is 2.33. The Morgan fingerprint density at radius 2 is 1.94 bits per heavy atom. The first kappa shape index (κ1) is 13.4. The quantitative estimate of drug-likeness (QED) is 0.770. The number of aryl methyl sites for hydroxylation is 1. The van der Waals surface area contributed by atoms with Crippen LogP contribution in [0.25, 0.3) is 0 Å². The first-order chi connectivity index (χ1) is 8.72. The van der Waals surface area contributed by atoms with Gasteiger partial charge in [0, 0.05) is 12.7 Å². The van der Waals surface area contributed by atoms with Crippen molar-refractivity contribution in [1.82, 2.24) is 0 Å². The van der Waals surface area contributed by atoms with E-state index in [9.17, 15) is 0 Å². The second-order valence-electron chi connectivity index (χ2n) is 4.28. The summed E-state index contributed by atoms with van der Waals surface area (Å²) in [5.41, 5.74) is 3.71. The van der Waals surface area contributed by atoms with Gasteiger partial charge in [-0.3, -0.25) is 0 Å². The van der Waals surface area contributed by atoms with Crippen LogP contribution in [0.2, 0.25) is 0 Å². The number of hydrogen-bond donors (Lipinski definition) is 0. The molecule has 1 atom stereocenters. The van der Waals surface area contributed by atoms with E-state index in [2.05, 4.69) is 40.2 Å². The molecule has 0 saturated heterocycles. The highest BCUT2D eigenvalue weighted by atomic mass is 79.9. The summed E-state index contributed by atoms with van der Waals surface area (Å²) < 4.78 is 10.4. The molecule has 0 radical (unpaired) electrons. The Kier molecular flexibility index (Phi) is 4.61. The molecule has 1 aromatic heterocycles. The topological polar surface area (TPSA) is 22.4 Å². The van der Waals surface area contributed by atoms with E-state index < -0.39 is 0 Å². The van der Waals surface area contributed by atoms with Crippen molar-refractivity contribution in [2.75, 3.05) is 13.7 Å². The van der Waals surface area contributed by atoms with Crippen molar-refractivity contribution in [3.63, 3.8) is 0 Å². The van der Waals surface area contributed by atoms with Crippen LogP contribution in [0, 0.1) is 6.92 Å². The lowest BCUT2D eigenvalue weighted by molar-refractivity contribution is 0.202. The zero-order valence-electron chi connectivity index (χ0n) is 10.7. The number of alkyl halides is 1. The van der Waals surface area contributed by atoms with E-state index in [1.807, 2.05) is 13.0 Å². The number of rotatable bonds is 5. The van der Waals surface area contributed by atoms with Gasteiger partial charge in [-0.05, 0) is 30.5 Å². The number of benzene rings is 1. The SMILES string of the molecule is COCCc1ccc(C(Br)c2ccoc2C)cc1. The lowest BCUT2D eigenvalue weighted by atomic mass is 10.0. The van der Waals surface area contributed by atoms with Gasteiger partial charge in [0.1, 0.15) is 5.76 Å². The molecule has 0 saturated carbocycles. The Bertz CT molecular complexity index is 487. The van der Waals surface area contributed by atoms with Crippen LogP contribution in [0.15, 0.2) is 41.0 Å². The number of furan rings is 1. The van der Waals surface area contributed by atoms with Crippen LogP contribution in [-0.4, -0.2) is 13.7 Å². The molecule has 96 valence electrons. The lowest BCUT2D eigenvalue weighted by Crippen LogP contribution is -1.96. The summed E-state index contributed by atoms with van der Waals surface area (Å²) in [6, 6.07) is 10.6. The molecular weight excluding hydrogens is 292 g/mol. The third kappa shape index (κ3) is 3.03. The van der Waals surface area contributed by atoms with E-state index >= 15 is 0 Å². The predicted octanol–water partition coefficient (Wildman–Crippen LogP) is 4.26. The average molecular weight is 309 g/mol. The number of ether oxygens (including phenoxy) is 1. The molecule has 2 nitrogen and oxygen atoms in total. The standard InChI is InChI=1S/C15H17BrO2/c1-11-14(8-10-18-11)15(16)13-5-3-12(4-6-13)7-9-17-2/h3-6,8,10,15H,7,9H2,1-2H3. The minimum Gasteiger partial charge on any atom is -0.469 e. The maximum absolute atomic E-state index is 5.34. The van der Waals surface area contributed by atoms with Gasteiger partial charge in [-0.25, -0.2) is 0 Å². The largest absolute Gasteiger partial charge is 0.469 e. The minimum atomic E-state index is 0.188. The summed E-state index contributed by atoms with van der Waals surface area (Å²) in [5.74, 6) is 0.959. The molecule has 0 N–H and O–H groups in total. The minimum absolute atomic E-state index is 0.188. The van der Waals surface area contributed by atoms with Crippen LogP contribution in [-0.2, 0) is 11.2 Å². The van der Waals surface area contributed by atoms with E-state index in [-0.39, 0.29) is 4.83 Å². The van der Waals surface area contributed by atoms with Gasteiger partial charge in [0.05, 0.1) is 17.7 Å². The average Bonchev–Trinajstić information content (AvgIpc) is 2.82.